The molecule has 1 aromatic rings. The molecule has 0 heterocycles. The molecule has 0 aliphatic carbocycles. The second-order valence-corrected chi connectivity index (χ2v) is 3.79. The highest BCUT2D eigenvalue weighted by Gasteiger charge is 2.10. The average molecular weight is 277 g/mol. The van der Waals surface area contributed by atoms with E-state index in [9.17, 15) is 13.9 Å². The number of alkyl halides is 2. The summed E-state index contributed by atoms with van der Waals surface area (Å²) >= 11 is 0. The van der Waals surface area contributed by atoms with Crippen molar-refractivity contribution in [1.29, 1.82) is 0 Å². The predicted molar refractivity (Wildman–Crippen MR) is 66.1 cm³/mol. The van der Waals surface area contributed by atoms with Gasteiger partial charge in [0.15, 0.2) is 11.5 Å². The van der Waals surface area contributed by atoms with Crippen molar-refractivity contribution in [2.75, 3.05) is 32.2 Å². The summed E-state index contributed by atoms with van der Waals surface area (Å²) in [5, 5.41) is 20.7. The zero-order valence-corrected chi connectivity index (χ0v) is 10.5. The summed E-state index contributed by atoms with van der Waals surface area (Å²) < 4.78 is 34.0. The van der Waals surface area contributed by atoms with Crippen LogP contribution in [0.2, 0.25) is 0 Å². The van der Waals surface area contributed by atoms with Crippen molar-refractivity contribution in [3.8, 4) is 11.5 Å². The molecule has 0 saturated heterocycles. The summed E-state index contributed by atoms with van der Waals surface area (Å²) in [6, 6.07) is 4.66. The van der Waals surface area contributed by atoms with E-state index < -0.39 is 19.1 Å². The van der Waals surface area contributed by atoms with Gasteiger partial charge in [-0.1, -0.05) is 0 Å². The molecule has 0 saturated carbocycles. The normalized spacial score (nSPS) is 12.3. The lowest BCUT2D eigenvalue weighted by Gasteiger charge is -2.14. The minimum Gasteiger partial charge on any atom is -0.493 e. The lowest BCUT2D eigenvalue weighted by atomic mass is 10.2. The summed E-state index contributed by atoms with van der Waals surface area (Å²) in [6.45, 7) is -0.886. The van der Waals surface area contributed by atoms with Crippen LogP contribution in [0.3, 0.4) is 0 Å². The van der Waals surface area contributed by atoms with Crippen molar-refractivity contribution in [2.24, 2.45) is 0 Å². The summed E-state index contributed by atoms with van der Waals surface area (Å²) in [7, 11) is 1.40. The standard InChI is InChI=1S/C12H17F2NO4/c1-18-11-4-8(15-5-9(17)6-16)2-3-10(11)19-7-12(13)14/h2-4,9,12,15-17H,5-7H2,1H3. The van der Waals surface area contributed by atoms with Crippen LogP contribution >= 0.6 is 0 Å². The monoisotopic (exact) mass is 277 g/mol. The Balaban J connectivity index is 2.66. The number of aliphatic hydroxyl groups is 2. The van der Waals surface area contributed by atoms with Crippen molar-refractivity contribution in [2.45, 2.75) is 12.5 Å². The molecule has 19 heavy (non-hydrogen) atoms. The third kappa shape index (κ3) is 5.27. The first-order valence-corrected chi connectivity index (χ1v) is 5.68. The number of hydrogen-bond acceptors (Lipinski definition) is 5. The lowest BCUT2D eigenvalue weighted by Crippen LogP contribution is -2.22. The Labute approximate surface area is 109 Å². The van der Waals surface area contributed by atoms with Gasteiger partial charge in [-0.05, 0) is 12.1 Å². The number of nitrogens with one attached hydrogen (secondary N) is 1. The van der Waals surface area contributed by atoms with Gasteiger partial charge in [0.1, 0.15) is 6.61 Å². The van der Waals surface area contributed by atoms with Crippen LogP contribution in [0.5, 0.6) is 11.5 Å². The Morgan fingerprint density at radius 3 is 2.63 bits per heavy atom. The number of aliphatic hydroxyl groups excluding tert-OH is 2. The fourth-order valence-electron chi connectivity index (χ4n) is 1.35. The molecule has 0 spiro atoms. The third-order valence-electron chi connectivity index (χ3n) is 2.28. The smallest absolute Gasteiger partial charge is 0.272 e. The van der Waals surface area contributed by atoms with Crippen molar-refractivity contribution < 1.29 is 28.5 Å². The second kappa shape index (κ2) is 7.75. The Morgan fingerprint density at radius 2 is 2.05 bits per heavy atom. The van der Waals surface area contributed by atoms with Gasteiger partial charge < -0.3 is 25.0 Å². The summed E-state index contributed by atoms with van der Waals surface area (Å²) in [5.74, 6) is 0.528. The molecule has 0 fully saturated rings. The van der Waals surface area contributed by atoms with Gasteiger partial charge in [0.05, 0.1) is 19.8 Å². The molecule has 0 amide bonds. The SMILES string of the molecule is COc1cc(NCC(O)CO)ccc1OCC(F)F. The Bertz CT molecular complexity index is 390. The van der Waals surface area contributed by atoms with Gasteiger partial charge in [-0.15, -0.1) is 0 Å². The molecule has 0 bridgehead atoms. The Kier molecular flexibility index (Phi) is 6.31. The zero-order chi connectivity index (χ0) is 14.3. The van der Waals surface area contributed by atoms with Gasteiger partial charge in [0.25, 0.3) is 6.43 Å². The summed E-state index contributed by atoms with van der Waals surface area (Å²) in [6.07, 6.45) is -3.43. The van der Waals surface area contributed by atoms with Gasteiger partial charge in [0.2, 0.25) is 0 Å². The first kappa shape index (κ1) is 15.5. The van der Waals surface area contributed by atoms with Crippen LogP contribution in [-0.4, -0.2) is 49.6 Å². The number of rotatable bonds is 8. The first-order valence-electron chi connectivity index (χ1n) is 5.68. The van der Waals surface area contributed by atoms with Crippen LogP contribution in [0.15, 0.2) is 18.2 Å². The Morgan fingerprint density at radius 1 is 1.32 bits per heavy atom. The molecule has 1 rings (SSSR count). The fourth-order valence-corrected chi connectivity index (χ4v) is 1.35. The van der Waals surface area contributed by atoms with Gasteiger partial charge in [-0.2, -0.15) is 0 Å². The molecule has 0 radical (unpaired) electrons. The largest absolute Gasteiger partial charge is 0.493 e. The minimum absolute atomic E-state index is 0.164. The number of anilines is 1. The van der Waals surface area contributed by atoms with E-state index in [2.05, 4.69) is 5.32 Å². The molecule has 1 aromatic carbocycles. The quantitative estimate of drug-likeness (QED) is 0.664. The van der Waals surface area contributed by atoms with E-state index in [1.807, 2.05) is 0 Å². The number of methoxy groups -OCH3 is 1. The zero-order valence-electron chi connectivity index (χ0n) is 10.5. The molecule has 5 nitrogen and oxygen atoms in total. The fraction of sp³-hybridized carbons (Fsp3) is 0.500. The van der Waals surface area contributed by atoms with Gasteiger partial charge in [0, 0.05) is 18.3 Å². The predicted octanol–water partition coefficient (Wildman–Crippen LogP) is 1.10. The van der Waals surface area contributed by atoms with Crippen LogP contribution in [-0.2, 0) is 0 Å². The van der Waals surface area contributed by atoms with Crippen LogP contribution < -0.4 is 14.8 Å². The highest BCUT2D eigenvalue weighted by atomic mass is 19.3. The van der Waals surface area contributed by atoms with E-state index in [-0.39, 0.29) is 18.9 Å². The maximum absolute atomic E-state index is 12.1. The average Bonchev–Trinajstić information content (AvgIpc) is 2.42. The molecular weight excluding hydrogens is 260 g/mol. The lowest BCUT2D eigenvalue weighted by molar-refractivity contribution is 0.0804. The summed E-state index contributed by atoms with van der Waals surface area (Å²) in [4.78, 5) is 0. The number of halogens is 2. The molecule has 0 aliphatic heterocycles. The molecule has 7 heteroatoms. The molecule has 1 unspecified atom stereocenters. The van der Waals surface area contributed by atoms with E-state index in [4.69, 9.17) is 14.6 Å². The van der Waals surface area contributed by atoms with E-state index >= 15 is 0 Å². The van der Waals surface area contributed by atoms with E-state index in [0.29, 0.717) is 11.4 Å². The topological polar surface area (TPSA) is 71.0 Å². The highest BCUT2D eigenvalue weighted by molar-refractivity contribution is 5.54. The molecule has 0 aliphatic rings. The Hall–Kier alpha value is -1.60. The number of benzene rings is 1. The van der Waals surface area contributed by atoms with Crippen LogP contribution in [0.1, 0.15) is 0 Å². The van der Waals surface area contributed by atoms with Crippen LogP contribution in [0.4, 0.5) is 14.5 Å². The molecule has 3 N–H and O–H groups in total. The molecule has 0 aromatic heterocycles. The summed E-state index contributed by atoms with van der Waals surface area (Å²) in [5.41, 5.74) is 0.619. The van der Waals surface area contributed by atoms with Crippen LogP contribution in [0, 0.1) is 0 Å². The van der Waals surface area contributed by atoms with Crippen molar-refractivity contribution in [3.05, 3.63) is 18.2 Å². The number of ether oxygens (including phenoxy) is 2. The van der Waals surface area contributed by atoms with Crippen molar-refractivity contribution in [1.82, 2.24) is 0 Å². The van der Waals surface area contributed by atoms with Crippen LogP contribution in [0.25, 0.3) is 0 Å². The molecular formula is C12H17F2NO4. The number of hydrogen-bond donors (Lipinski definition) is 3. The van der Waals surface area contributed by atoms with Crippen molar-refractivity contribution in [3.63, 3.8) is 0 Å². The van der Waals surface area contributed by atoms with E-state index in [0.717, 1.165) is 0 Å². The maximum atomic E-state index is 12.1. The van der Waals surface area contributed by atoms with Gasteiger partial charge in [-0.25, -0.2) is 8.78 Å². The van der Waals surface area contributed by atoms with E-state index in [1.54, 1.807) is 12.1 Å². The van der Waals surface area contributed by atoms with Gasteiger partial charge >= 0.3 is 0 Å². The molecule has 108 valence electrons. The molecule has 1 atom stereocenters. The first-order chi connectivity index (χ1) is 9.06. The maximum Gasteiger partial charge on any atom is 0.272 e. The van der Waals surface area contributed by atoms with Gasteiger partial charge in [-0.3, -0.25) is 0 Å². The van der Waals surface area contributed by atoms with E-state index in [1.165, 1.54) is 13.2 Å². The van der Waals surface area contributed by atoms with Crippen molar-refractivity contribution >= 4 is 5.69 Å². The third-order valence-corrected chi connectivity index (χ3v) is 2.28. The second-order valence-electron chi connectivity index (χ2n) is 3.79. The minimum atomic E-state index is -2.55. The highest BCUT2D eigenvalue weighted by Crippen LogP contribution is 2.30.